The van der Waals surface area contributed by atoms with E-state index in [4.69, 9.17) is 0 Å². The van der Waals surface area contributed by atoms with Gasteiger partial charge in [-0.15, -0.1) is 0 Å². The summed E-state index contributed by atoms with van der Waals surface area (Å²) in [6.07, 6.45) is 4.60. The molecule has 0 radical (unpaired) electrons. The largest absolute Gasteiger partial charge is 0.338 e. The zero-order valence-corrected chi connectivity index (χ0v) is 17.1. The number of sulfonamides is 1. The predicted octanol–water partition coefficient (Wildman–Crippen LogP) is 1.65. The monoisotopic (exact) mass is 416 g/mol. The molecule has 154 valence electrons. The summed E-state index contributed by atoms with van der Waals surface area (Å²) in [4.78, 5) is 31.6. The molecule has 1 fully saturated rings. The Hall–Kier alpha value is -2.68. The van der Waals surface area contributed by atoms with Crippen LogP contribution in [-0.4, -0.2) is 47.6 Å². The highest BCUT2D eigenvalue weighted by atomic mass is 32.2. The second kappa shape index (κ2) is 7.62. The lowest BCUT2D eigenvalue weighted by molar-refractivity contribution is 0.0594. The van der Waals surface area contributed by atoms with E-state index in [1.54, 1.807) is 42.1 Å². The van der Waals surface area contributed by atoms with Crippen molar-refractivity contribution in [3.05, 3.63) is 58.3 Å². The number of carbonyl (C=O) groups excluding carboxylic acids is 1. The number of pyridine rings is 2. The van der Waals surface area contributed by atoms with Crippen molar-refractivity contribution in [3.8, 4) is 0 Å². The molecule has 2 aliphatic heterocycles. The average Bonchev–Trinajstić information content (AvgIpc) is 2.70. The topological polar surface area (TPSA) is 101 Å². The van der Waals surface area contributed by atoms with Crippen LogP contribution in [0.4, 0.5) is 5.69 Å². The normalized spacial score (nSPS) is 20.8. The number of hydrogen-bond acceptors (Lipinski definition) is 5. The average molecular weight is 417 g/mol. The lowest BCUT2D eigenvalue weighted by Crippen LogP contribution is -2.49. The summed E-state index contributed by atoms with van der Waals surface area (Å²) < 4.78 is 28.2. The molecule has 2 bridgehead atoms. The van der Waals surface area contributed by atoms with Gasteiger partial charge in [0.05, 0.1) is 11.3 Å². The first-order chi connectivity index (χ1) is 13.9. The molecule has 1 saturated heterocycles. The highest BCUT2D eigenvalue weighted by Crippen LogP contribution is 2.36. The number of nitrogens with one attached hydrogen (secondary N) is 1. The Balaban J connectivity index is 1.59. The highest BCUT2D eigenvalue weighted by Gasteiger charge is 2.37. The maximum atomic E-state index is 12.9. The van der Waals surface area contributed by atoms with Gasteiger partial charge in [0, 0.05) is 43.6 Å². The van der Waals surface area contributed by atoms with Crippen LogP contribution >= 0.6 is 0 Å². The van der Waals surface area contributed by atoms with Gasteiger partial charge >= 0.3 is 0 Å². The van der Waals surface area contributed by atoms with E-state index in [0.29, 0.717) is 31.6 Å². The molecular formula is C20H24N4O4S. The standard InChI is InChI=1S/C20H24N4O4S/c1-2-8-29(27,28)22-17-5-6-18-16-9-14(12-24(18)20(17)26)11-23(13-16)19(25)15-4-3-7-21-10-15/h3-7,10,14,16,22H,2,8-9,11-13H2,1H3/t14-,16+/m0/s1. The number of rotatable bonds is 5. The van der Waals surface area contributed by atoms with Gasteiger partial charge in [0.1, 0.15) is 5.69 Å². The van der Waals surface area contributed by atoms with Crippen molar-refractivity contribution in [2.24, 2.45) is 5.92 Å². The molecule has 9 heteroatoms. The summed E-state index contributed by atoms with van der Waals surface area (Å²) in [7, 11) is -3.53. The molecule has 29 heavy (non-hydrogen) atoms. The molecule has 0 spiro atoms. The summed E-state index contributed by atoms with van der Waals surface area (Å²) >= 11 is 0. The van der Waals surface area contributed by atoms with Gasteiger partial charge in [-0.1, -0.05) is 6.92 Å². The third-order valence-corrected chi connectivity index (χ3v) is 7.01. The van der Waals surface area contributed by atoms with Gasteiger partial charge in [-0.25, -0.2) is 8.42 Å². The second-order valence-electron chi connectivity index (χ2n) is 7.76. The summed E-state index contributed by atoms with van der Waals surface area (Å²) in [5, 5.41) is 0. The third kappa shape index (κ3) is 3.91. The Bertz CT molecular complexity index is 1080. The van der Waals surface area contributed by atoms with E-state index >= 15 is 0 Å². The Morgan fingerprint density at radius 2 is 2.07 bits per heavy atom. The van der Waals surface area contributed by atoms with Crippen LogP contribution < -0.4 is 10.3 Å². The number of fused-ring (bicyclic) bond motifs is 4. The van der Waals surface area contributed by atoms with Gasteiger partial charge in [-0.3, -0.25) is 19.3 Å². The molecule has 0 aliphatic carbocycles. The van der Waals surface area contributed by atoms with E-state index in [-0.39, 0.29) is 34.7 Å². The van der Waals surface area contributed by atoms with Crippen LogP contribution in [0, 0.1) is 5.92 Å². The molecule has 4 heterocycles. The number of nitrogens with zero attached hydrogens (tertiary/aromatic N) is 3. The van der Waals surface area contributed by atoms with Crippen molar-refractivity contribution < 1.29 is 13.2 Å². The second-order valence-corrected chi connectivity index (χ2v) is 9.60. The van der Waals surface area contributed by atoms with E-state index in [2.05, 4.69) is 9.71 Å². The summed E-state index contributed by atoms with van der Waals surface area (Å²) in [6, 6.07) is 6.86. The summed E-state index contributed by atoms with van der Waals surface area (Å²) in [5.74, 6) is 0.136. The van der Waals surface area contributed by atoms with E-state index < -0.39 is 10.0 Å². The number of amides is 1. The molecule has 1 amide bonds. The zero-order chi connectivity index (χ0) is 20.6. The predicted molar refractivity (Wildman–Crippen MR) is 109 cm³/mol. The first-order valence-electron chi connectivity index (χ1n) is 9.81. The van der Waals surface area contributed by atoms with Gasteiger partial charge in [0.2, 0.25) is 10.0 Å². The number of hydrogen-bond donors (Lipinski definition) is 1. The van der Waals surface area contributed by atoms with Gasteiger partial charge < -0.3 is 9.47 Å². The molecule has 2 atom stereocenters. The molecule has 8 nitrogen and oxygen atoms in total. The van der Waals surface area contributed by atoms with Crippen LogP contribution in [0.3, 0.4) is 0 Å². The van der Waals surface area contributed by atoms with Crippen molar-refractivity contribution in [3.63, 3.8) is 0 Å². The maximum Gasteiger partial charge on any atom is 0.275 e. The first kappa shape index (κ1) is 19.6. The zero-order valence-electron chi connectivity index (χ0n) is 16.2. The molecule has 1 N–H and O–H groups in total. The van der Waals surface area contributed by atoms with Gasteiger partial charge in [-0.05, 0) is 43.0 Å². The fourth-order valence-corrected chi connectivity index (χ4v) is 5.48. The van der Waals surface area contributed by atoms with Crippen LogP contribution in [0.25, 0.3) is 0 Å². The quantitative estimate of drug-likeness (QED) is 0.799. The highest BCUT2D eigenvalue weighted by molar-refractivity contribution is 7.92. The fraction of sp³-hybridized carbons (Fsp3) is 0.450. The van der Waals surface area contributed by atoms with E-state index in [1.807, 2.05) is 11.0 Å². The SMILES string of the molecule is CCCS(=O)(=O)Nc1ccc2n(c1=O)C[C@H]1C[C@@H]2CN(C(=O)c2cccnc2)C1. The number of carbonyl (C=O) groups is 1. The number of likely N-dealkylation sites (tertiary alicyclic amines) is 1. The van der Waals surface area contributed by atoms with Crippen LogP contribution in [0.15, 0.2) is 41.5 Å². The van der Waals surface area contributed by atoms with Crippen molar-refractivity contribution in [2.75, 3.05) is 23.6 Å². The minimum absolute atomic E-state index is 0.0230. The van der Waals surface area contributed by atoms with E-state index in [0.717, 1.165) is 12.1 Å². The van der Waals surface area contributed by atoms with E-state index in [9.17, 15) is 18.0 Å². The van der Waals surface area contributed by atoms with Gasteiger partial charge in [0.25, 0.3) is 11.5 Å². The molecule has 2 aromatic heterocycles. The van der Waals surface area contributed by atoms with Crippen molar-refractivity contribution in [1.29, 1.82) is 0 Å². The first-order valence-corrected chi connectivity index (χ1v) is 11.5. The van der Waals surface area contributed by atoms with Gasteiger partial charge in [0.15, 0.2) is 0 Å². The molecule has 0 saturated carbocycles. The Kier molecular flexibility index (Phi) is 5.16. The van der Waals surface area contributed by atoms with Gasteiger partial charge in [-0.2, -0.15) is 0 Å². The van der Waals surface area contributed by atoms with Crippen LogP contribution in [0.1, 0.15) is 41.7 Å². The Labute approximate surface area is 169 Å². The van der Waals surface area contributed by atoms with Crippen LogP contribution in [-0.2, 0) is 16.6 Å². The smallest absolute Gasteiger partial charge is 0.275 e. The third-order valence-electron chi connectivity index (χ3n) is 5.54. The molecule has 2 aromatic rings. The maximum absolute atomic E-state index is 12.9. The Morgan fingerprint density at radius 1 is 1.24 bits per heavy atom. The molecule has 0 aromatic carbocycles. The lowest BCUT2D eigenvalue weighted by atomic mass is 9.83. The molecule has 4 rings (SSSR count). The van der Waals surface area contributed by atoms with Crippen LogP contribution in [0.5, 0.6) is 0 Å². The van der Waals surface area contributed by atoms with Crippen molar-refractivity contribution >= 4 is 21.6 Å². The summed E-state index contributed by atoms with van der Waals surface area (Å²) in [5.41, 5.74) is 1.19. The molecular weight excluding hydrogens is 392 g/mol. The van der Waals surface area contributed by atoms with E-state index in [1.165, 1.54) is 0 Å². The number of aromatic nitrogens is 2. The Morgan fingerprint density at radius 3 is 2.79 bits per heavy atom. The fourth-order valence-electron chi connectivity index (χ4n) is 4.35. The summed E-state index contributed by atoms with van der Waals surface area (Å²) in [6.45, 7) is 3.36. The lowest BCUT2D eigenvalue weighted by Gasteiger charge is -2.42. The minimum atomic E-state index is -3.53. The molecule has 0 unspecified atom stereocenters. The minimum Gasteiger partial charge on any atom is -0.338 e. The molecule has 2 aliphatic rings. The van der Waals surface area contributed by atoms with Crippen LogP contribution in [0.2, 0.25) is 0 Å². The van der Waals surface area contributed by atoms with Crippen molar-refractivity contribution in [2.45, 2.75) is 32.2 Å². The number of anilines is 1. The van der Waals surface area contributed by atoms with Crippen molar-refractivity contribution in [1.82, 2.24) is 14.5 Å². The number of piperidine rings is 1.